The Kier molecular flexibility index (Phi) is 4.05. The van der Waals surface area contributed by atoms with Crippen molar-refractivity contribution in [3.63, 3.8) is 0 Å². The highest BCUT2D eigenvalue weighted by Crippen LogP contribution is 2.45. The van der Waals surface area contributed by atoms with E-state index >= 15 is 0 Å². The Morgan fingerprint density at radius 1 is 1.38 bits per heavy atom. The number of Topliss-reactive ketones (excluding diaryl/α,β-unsaturated/α-hetero) is 1. The maximum Gasteiger partial charge on any atom is 0.257 e. The van der Waals surface area contributed by atoms with E-state index in [9.17, 15) is 9.59 Å². The van der Waals surface area contributed by atoms with E-state index in [-0.39, 0.29) is 23.2 Å². The van der Waals surface area contributed by atoms with Crippen molar-refractivity contribution in [1.29, 1.82) is 0 Å². The molecule has 1 aliphatic carbocycles. The number of allylic oxidation sites excluding steroid dienone is 2. The smallest absolute Gasteiger partial charge is 0.257 e. The second kappa shape index (κ2) is 6.22. The number of hydrogen-bond acceptors (Lipinski definition) is 6. The van der Waals surface area contributed by atoms with E-state index in [1.165, 1.54) is 11.8 Å². The van der Waals surface area contributed by atoms with E-state index in [1.54, 1.807) is 11.3 Å². The predicted octanol–water partition coefficient (Wildman–Crippen LogP) is 3.36. The number of anilines is 1. The molecule has 0 unspecified atom stereocenters. The molecule has 4 rings (SSSR count). The fourth-order valence-corrected chi connectivity index (χ4v) is 4.91. The molecule has 1 aliphatic heterocycles. The molecule has 2 N–H and O–H groups in total. The van der Waals surface area contributed by atoms with Crippen LogP contribution in [0.5, 0.6) is 0 Å². The van der Waals surface area contributed by atoms with Gasteiger partial charge in [0.25, 0.3) is 5.56 Å². The molecule has 2 atom stereocenters. The minimum absolute atomic E-state index is 0.153. The van der Waals surface area contributed by atoms with Gasteiger partial charge in [0.2, 0.25) is 0 Å². The van der Waals surface area contributed by atoms with Crippen LogP contribution in [0.25, 0.3) is 0 Å². The minimum Gasteiger partial charge on any atom is -0.343 e. The van der Waals surface area contributed by atoms with Gasteiger partial charge in [-0.3, -0.25) is 9.59 Å². The van der Waals surface area contributed by atoms with Gasteiger partial charge in [-0.1, -0.05) is 30.8 Å². The molecule has 0 radical (unpaired) electrons. The third-order valence-electron chi connectivity index (χ3n) is 4.41. The van der Waals surface area contributed by atoms with Gasteiger partial charge in [0.05, 0.1) is 11.5 Å². The Morgan fingerprint density at radius 2 is 2.25 bits per heavy atom. The number of H-pyrrole nitrogens is 1. The van der Waals surface area contributed by atoms with E-state index in [0.29, 0.717) is 23.0 Å². The highest BCUT2D eigenvalue weighted by Gasteiger charge is 2.42. The standard InChI is InChI=1S/C17H17N3O2S2/c1-2-23-17-19-15-14(16(22)20-17)13(11-7-4-8-24-11)12-9(18-15)5-3-6-10(12)21/h4-5,7-8,12-13H,2-3,6H2,1H3,(H2,18,19,20,22)/t12-,13-/m0/s1. The number of hydrogen-bond donors (Lipinski definition) is 2. The molecule has 0 amide bonds. The van der Waals surface area contributed by atoms with Gasteiger partial charge in [0.1, 0.15) is 11.6 Å². The Morgan fingerprint density at radius 3 is 3.00 bits per heavy atom. The number of ketones is 1. The summed E-state index contributed by atoms with van der Waals surface area (Å²) in [6.07, 6.45) is 3.34. The van der Waals surface area contributed by atoms with Gasteiger partial charge in [-0.2, -0.15) is 0 Å². The molecular formula is C17H17N3O2S2. The van der Waals surface area contributed by atoms with Crippen molar-refractivity contribution < 1.29 is 4.79 Å². The highest BCUT2D eigenvalue weighted by molar-refractivity contribution is 7.99. The molecule has 3 heterocycles. The number of aromatic amines is 1. The molecule has 0 aromatic carbocycles. The summed E-state index contributed by atoms with van der Waals surface area (Å²) in [5.41, 5.74) is 1.32. The van der Waals surface area contributed by atoms with Gasteiger partial charge >= 0.3 is 0 Å². The van der Waals surface area contributed by atoms with E-state index in [0.717, 1.165) is 22.7 Å². The van der Waals surface area contributed by atoms with E-state index < -0.39 is 0 Å². The lowest BCUT2D eigenvalue weighted by atomic mass is 9.74. The quantitative estimate of drug-likeness (QED) is 0.649. The monoisotopic (exact) mass is 359 g/mol. The lowest BCUT2D eigenvalue weighted by Gasteiger charge is -2.35. The number of thiophene rings is 1. The SMILES string of the molecule is CCSc1nc2c(c(=O)[nH]1)[C@@H](c1cccs1)[C@@H]1C(=O)CCC=C1N2. The van der Waals surface area contributed by atoms with Crippen LogP contribution in [-0.2, 0) is 4.79 Å². The second-order valence-corrected chi connectivity index (χ2v) is 8.06. The Hall–Kier alpha value is -1.86. The van der Waals surface area contributed by atoms with Crippen molar-refractivity contribution in [3.8, 4) is 0 Å². The largest absolute Gasteiger partial charge is 0.343 e. The number of nitrogens with one attached hydrogen (secondary N) is 2. The first-order valence-electron chi connectivity index (χ1n) is 7.99. The molecular weight excluding hydrogens is 342 g/mol. The highest BCUT2D eigenvalue weighted by atomic mass is 32.2. The van der Waals surface area contributed by atoms with Crippen LogP contribution in [0, 0.1) is 5.92 Å². The normalized spacial score (nSPS) is 22.4. The third-order valence-corrected chi connectivity index (χ3v) is 6.12. The lowest BCUT2D eigenvalue weighted by Crippen LogP contribution is -2.38. The maximum absolute atomic E-state index is 12.8. The van der Waals surface area contributed by atoms with Gasteiger partial charge in [-0.25, -0.2) is 4.98 Å². The first-order valence-corrected chi connectivity index (χ1v) is 9.85. The topological polar surface area (TPSA) is 74.8 Å². The van der Waals surface area contributed by atoms with E-state index in [4.69, 9.17) is 0 Å². The maximum atomic E-state index is 12.8. The zero-order chi connectivity index (χ0) is 16.7. The molecule has 0 spiro atoms. The van der Waals surface area contributed by atoms with Gasteiger partial charge in [-0.05, 0) is 23.6 Å². The third kappa shape index (κ3) is 2.52. The second-order valence-electron chi connectivity index (χ2n) is 5.83. The zero-order valence-corrected chi connectivity index (χ0v) is 14.8. The molecule has 0 bridgehead atoms. The van der Waals surface area contributed by atoms with Gasteiger partial charge in [0.15, 0.2) is 5.16 Å². The summed E-state index contributed by atoms with van der Waals surface area (Å²) in [7, 11) is 0. The van der Waals surface area contributed by atoms with Crippen molar-refractivity contribution in [2.24, 2.45) is 5.92 Å². The van der Waals surface area contributed by atoms with Crippen LogP contribution in [0.4, 0.5) is 5.82 Å². The number of carbonyl (C=O) groups is 1. The molecule has 2 aliphatic rings. The summed E-state index contributed by atoms with van der Waals surface area (Å²) in [5, 5.41) is 5.86. The van der Waals surface area contributed by atoms with Crippen LogP contribution in [0.3, 0.4) is 0 Å². The van der Waals surface area contributed by atoms with E-state index in [2.05, 4.69) is 21.4 Å². The average Bonchev–Trinajstić information content (AvgIpc) is 3.07. The molecule has 2 aromatic rings. The predicted molar refractivity (Wildman–Crippen MR) is 96.9 cm³/mol. The van der Waals surface area contributed by atoms with Crippen LogP contribution in [-0.4, -0.2) is 21.5 Å². The summed E-state index contributed by atoms with van der Waals surface area (Å²) < 4.78 is 0. The first kappa shape index (κ1) is 15.7. The van der Waals surface area contributed by atoms with Gasteiger partial charge in [0, 0.05) is 22.9 Å². The van der Waals surface area contributed by atoms with Crippen molar-refractivity contribution in [3.05, 3.63) is 50.1 Å². The Bertz CT molecular complexity index is 870. The first-order chi connectivity index (χ1) is 11.7. The number of carbonyl (C=O) groups excluding carboxylic acids is 1. The fourth-order valence-electron chi connectivity index (χ4n) is 3.45. The Labute approximate surface area is 147 Å². The molecule has 0 fully saturated rings. The van der Waals surface area contributed by atoms with Crippen LogP contribution in [0.1, 0.15) is 36.1 Å². The van der Waals surface area contributed by atoms with Crippen LogP contribution < -0.4 is 10.9 Å². The minimum atomic E-state index is -0.308. The number of rotatable bonds is 3. The molecule has 5 nitrogen and oxygen atoms in total. The number of nitrogens with zero attached hydrogens (tertiary/aromatic N) is 1. The zero-order valence-electron chi connectivity index (χ0n) is 13.2. The van der Waals surface area contributed by atoms with Crippen molar-refractivity contribution in [2.75, 3.05) is 11.1 Å². The van der Waals surface area contributed by atoms with Gasteiger partial charge in [-0.15, -0.1) is 11.3 Å². The molecule has 2 aromatic heterocycles. The summed E-state index contributed by atoms with van der Waals surface area (Å²) in [4.78, 5) is 33.9. The van der Waals surface area contributed by atoms with Crippen molar-refractivity contribution in [1.82, 2.24) is 9.97 Å². The Balaban J connectivity index is 1.93. The number of aromatic nitrogens is 2. The summed E-state index contributed by atoms with van der Waals surface area (Å²) >= 11 is 3.08. The van der Waals surface area contributed by atoms with Gasteiger partial charge < -0.3 is 10.3 Å². The van der Waals surface area contributed by atoms with Crippen LogP contribution in [0.2, 0.25) is 0 Å². The lowest BCUT2D eigenvalue weighted by molar-refractivity contribution is -0.122. The summed E-state index contributed by atoms with van der Waals surface area (Å²) in [6, 6.07) is 3.96. The summed E-state index contributed by atoms with van der Waals surface area (Å²) in [5.74, 6) is 1.05. The number of thioether (sulfide) groups is 1. The van der Waals surface area contributed by atoms with Crippen molar-refractivity contribution in [2.45, 2.75) is 30.8 Å². The van der Waals surface area contributed by atoms with Crippen LogP contribution >= 0.6 is 23.1 Å². The molecule has 124 valence electrons. The average molecular weight is 359 g/mol. The summed E-state index contributed by atoms with van der Waals surface area (Å²) in [6.45, 7) is 2.02. The van der Waals surface area contributed by atoms with Crippen LogP contribution in [0.15, 0.2) is 39.2 Å². The number of fused-ring (bicyclic) bond motifs is 2. The van der Waals surface area contributed by atoms with Crippen molar-refractivity contribution >= 4 is 34.7 Å². The molecule has 24 heavy (non-hydrogen) atoms. The molecule has 7 heteroatoms. The van der Waals surface area contributed by atoms with E-state index in [1.807, 2.05) is 24.4 Å². The fraction of sp³-hybridized carbons (Fsp3) is 0.353. The molecule has 0 saturated heterocycles. The molecule has 0 saturated carbocycles.